The Labute approximate surface area is 86.7 Å². The van der Waals surface area contributed by atoms with Crippen LogP contribution < -0.4 is 5.32 Å². The Balaban J connectivity index is 2.65. The van der Waals surface area contributed by atoms with E-state index < -0.39 is 11.7 Å². The van der Waals surface area contributed by atoms with E-state index in [1.165, 1.54) is 19.2 Å². The van der Waals surface area contributed by atoms with Crippen LogP contribution in [0.3, 0.4) is 0 Å². The summed E-state index contributed by atoms with van der Waals surface area (Å²) in [5.41, 5.74) is -0.0936. The van der Waals surface area contributed by atoms with Gasteiger partial charge in [-0.15, -0.1) is 0 Å². The number of nitrogens with one attached hydrogen (secondary N) is 1. The Bertz CT molecular complexity index is 355. The second-order valence-electron chi connectivity index (χ2n) is 2.91. The molecule has 0 aliphatic carbocycles. The molecule has 4 nitrogen and oxygen atoms in total. The molecule has 1 aromatic carbocycles. The molecule has 0 radical (unpaired) electrons. The molecule has 0 bridgehead atoms. The normalized spacial score (nSPS) is 10.0. The van der Waals surface area contributed by atoms with Gasteiger partial charge in [-0.1, -0.05) is 0 Å². The smallest absolute Gasteiger partial charge is 0.254 e. The summed E-state index contributed by atoms with van der Waals surface area (Å²) in [6.45, 7) is 0.682. The zero-order chi connectivity index (χ0) is 11.3. The maximum Gasteiger partial charge on any atom is 0.254 e. The molecule has 1 rings (SSSR count). The molecule has 5 heteroatoms. The van der Waals surface area contributed by atoms with E-state index in [4.69, 9.17) is 9.84 Å². The van der Waals surface area contributed by atoms with E-state index in [2.05, 4.69) is 5.32 Å². The molecule has 0 saturated heterocycles. The minimum Gasteiger partial charge on any atom is -0.508 e. The Kier molecular flexibility index (Phi) is 4.05. The summed E-state index contributed by atoms with van der Waals surface area (Å²) >= 11 is 0. The third kappa shape index (κ3) is 3.21. The van der Waals surface area contributed by atoms with Gasteiger partial charge in [0.2, 0.25) is 0 Å². The van der Waals surface area contributed by atoms with Crippen molar-refractivity contribution >= 4 is 5.91 Å². The molecule has 0 atom stereocenters. The molecule has 0 unspecified atom stereocenters. The maximum absolute atomic E-state index is 13.2. The van der Waals surface area contributed by atoms with Gasteiger partial charge in [-0.05, 0) is 12.1 Å². The lowest BCUT2D eigenvalue weighted by Crippen LogP contribution is -2.27. The second kappa shape index (κ2) is 5.31. The van der Waals surface area contributed by atoms with Crippen LogP contribution in [0, 0.1) is 5.82 Å². The van der Waals surface area contributed by atoms with Gasteiger partial charge in [-0.3, -0.25) is 4.79 Å². The van der Waals surface area contributed by atoms with E-state index in [1.807, 2.05) is 0 Å². The zero-order valence-electron chi connectivity index (χ0n) is 8.29. The first-order valence-electron chi connectivity index (χ1n) is 4.41. The average molecular weight is 213 g/mol. The molecular formula is C10H12FNO3. The fourth-order valence-corrected chi connectivity index (χ4v) is 1.05. The molecular weight excluding hydrogens is 201 g/mol. The van der Waals surface area contributed by atoms with Crippen LogP contribution in [0.2, 0.25) is 0 Å². The number of phenolic OH excluding ortho intramolecular Hbond substituents is 1. The van der Waals surface area contributed by atoms with Crippen molar-refractivity contribution in [3.05, 3.63) is 29.6 Å². The van der Waals surface area contributed by atoms with Gasteiger partial charge < -0.3 is 15.2 Å². The van der Waals surface area contributed by atoms with Crippen LogP contribution in [0.15, 0.2) is 18.2 Å². The molecule has 0 aliphatic rings. The summed E-state index contributed by atoms with van der Waals surface area (Å²) in [5.74, 6) is -1.48. The molecule has 0 heterocycles. The summed E-state index contributed by atoms with van der Waals surface area (Å²) in [5, 5.41) is 11.4. The first-order valence-corrected chi connectivity index (χ1v) is 4.41. The standard InChI is InChI=1S/C10H12FNO3/c1-15-5-4-12-10(14)8-3-2-7(13)6-9(8)11/h2-3,6,13H,4-5H2,1H3,(H,12,14). The van der Waals surface area contributed by atoms with Crippen molar-refractivity contribution in [3.63, 3.8) is 0 Å². The summed E-state index contributed by atoms with van der Waals surface area (Å²) in [6, 6.07) is 3.38. The maximum atomic E-state index is 13.2. The fourth-order valence-electron chi connectivity index (χ4n) is 1.05. The van der Waals surface area contributed by atoms with Crippen molar-refractivity contribution in [3.8, 4) is 5.75 Å². The van der Waals surface area contributed by atoms with Crippen LogP contribution in [0.1, 0.15) is 10.4 Å². The molecule has 0 spiro atoms. The molecule has 0 saturated carbocycles. The highest BCUT2D eigenvalue weighted by Gasteiger charge is 2.11. The SMILES string of the molecule is COCCNC(=O)c1ccc(O)cc1F. The highest BCUT2D eigenvalue weighted by atomic mass is 19.1. The number of rotatable bonds is 4. The molecule has 0 aliphatic heterocycles. The van der Waals surface area contributed by atoms with Crippen LogP contribution in [-0.4, -0.2) is 31.3 Å². The van der Waals surface area contributed by atoms with Crippen molar-refractivity contribution in [2.24, 2.45) is 0 Å². The largest absolute Gasteiger partial charge is 0.508 e. The van der Waals surface area contributed by atoms with Crippen molar-refractivity contribution in [1.29, 1.82) is 0 Å². The van der Waals surface area contributed by atoms with Gasteiger partial charge in [-0.2, -0.15) is 0 Å². The Hall–Kier alpha value is -1.62. The van der Waals surface area contributed by atoms with Gasteiger partial charge >= 0.3 is 0 Å². The van der Waals surface area contributed by atoms with Gasteiger partial charge in [0, 0.05) is 19.7 Å². The van der Waals surface area contributed by atoms with E-state index in [9.17, 15) is 9.18 Å². The number of phenols is 1. The molecule has 1 amide bonds. The number of hydrogen-bond donors (Lipinski definition) is 2. The quantitative estimate of drug-likeness (QED) is 0.731. The average Bonchev–Trinajstić information content (AvgIpc) is 2.17. The van der Waals surface area contributed by atoms with Gasteiger partial charge in [0.25, 0.3) is 5.91 Å². The Morgan fingerprint density at radius 3 is 2.93 bits per heavy atom. The highest BCUT2D eigenvalue weighted by Crippen LogP contribution is 2.14. The lowest BCUT2D eigenvalue weighted by atomic mass is 10.2. The number of halogens is 1. The lowest BCUT2D eigenvalue weighted by molar-refractivity contribution is 0.0933. The highest BCUT2D eigenvalue weighted by molar-refractivity contribution is 5.94. The molecule has 2 N–H and O–H groups in total. The fraction of sp³-hybridized carbons (Fsp3) is 0.300. The van der Waals surface area contributed by atoms with Crippen LogP contribution in [-0.2, 0) is 4.74 Å². The topological polar surface area (TPSA) is 58.6 Å². The predicted octanol–water partition coefficient (Wildman–Crippen LogP) is 0.907. The van der Waals surface area contributed by atoms with E-state index in [-0.39, 0.29) is 11.3 Å². The van der Waals surface area contributed by atoms with Crippen LogP contribution >= 0.6 is 0 Å². The molecule has 82 valence electrons. The van der Waals surface area contributed by atoms with E-state index in [0.29, 0.717) is 13.2 Å². The molecule has 1 aromatic rings. The van der Waals surface area contributed by atoms with Gasteiger partial charge in [-0.25, -0.2) is 4.39 Å². The van der Waals surface area contributed by atoms with Gasteiger partial charge in [0.15, 0.2) is 0 Å². The van der Waals surface area contributed by atoms with Crippen LogP contribution in [0.5, 0.6) is 5.75 Å². The minimum absolute atomic E-state index is 0.0936. The molecule has 15 heavy (non-hydrogen) atoms. The number of carbonyl (C=O) groups excluding carboxylic acids is 1. The minimum atomic E-state index is -0.745. The summed E-state index contributed by atoms with van der Waals surface area (Å²) in [4.78, 5) is 11.4. The Morgan fingerprint density at radius 2 is 2.33 bits per heavy atom. The number of methoxy groups -OCH3 is 1. The summed E-state index contributed by atoms with van der Waals surface area (Å²) in [7, 11) is 1.51. The van der Waals surface area contributed by atoms with Crippen LogP contribution in [0.4, 0.5) is 4.39 Å². The first kappa shape index (κ1) is 11.5. The van der Waals surface area contributed by atoms with Crippen molar-refractivity contribution in [2.75, 3.05) is 20.3 Å². The van der Waals surface area contributed by atoms with Crippen LogP contribution in [0.25, 0.3) is 0 Å². The van der Waals surface area contributed by atoms with E-state index in [1.54, 1.807) is 0 Å². The lowest BCUT2D eigenvalue weighted by Gasteiger charge is -2.05. The Morgan fingerprint density at radius 1 is 1.60 bits per heavy atom. The first-order chi connectivity index (χ1) is 7.15. The predicted molar refractivity (Wildman–Crippen MR) is 52.3 cm³/mol. The monoisotopic (exact) mass is 213 g/mol. The summed E-state index contributed by atoms with van der Waals surface area (Å²) in [6.07, 6.45) is 0. The molecule has 0 fully saturated rings. The number of amides is 1. The number of ether oxygens (including phenoxy) is 1. The van der Waals surface area contributed by atoms with Gasteiger partial charge in [0.1, 0.15) is 11.6 Å². The van der Waals surface area contributed by atoms with Crippen molar-refractivity contribution in [2.45, 2.75) is 0 Å². The number of hydrogen-bond acceptors (Lipinski definition) is 3. The van der Waals surface area contributed by atoms with E-state index in [0.717, 1.165) is 6.07 Å². The van der Waals surface area contributed by atoms with E-state index >= 15 is 0 Å². The third-order valence-electron chi connectivity index (χ3n) is 1.79. The number of aromatic hydroxyl groups is 1. The number of carbonyl (C=O) groups is 1. The van der Waals surface area contributed by atoms with Crippen molar-refractivity contribution < 1.29 is 19.0 Å². The zero-order valence-corrected chi connectivity index (χ0v) is 8.29. The third-order valence-corrected chi connectivity index (χ3v) is 1.79. The molecule has 0 aromatic heterocycles. The van der Waals surface area contributed by atoms with Gasteiger partial charge in [0.05, 0.1) is 12.2 Å². The number of benzene rings is 1. The summed E-state index contributed by atoms with van der Waals surface area (Å²) < 4.78 is 17.9. The van der Waals surface area contributed by atoms with Crippen molar-refractivity contribution in [1.82, 2.24) is 5.32 Å². The second-order valence-corrected chi connectivity index (χ2v) is 2.91.